The van der Waals surface area contributed by atoms with Crippen LogP contribution in [0.3, 0.4) is 0 Å². The lowest BCUT2D eigenvalue weighted by Crippen LogP contribution is -2.47. The number of hydrogen-bond acceptors (Lipinski definition) is 7. The van der Waals surface area contributed by atoms with Gasteiger partial charge in [0.15, 0.2) is 5.82 Å². The van der Waals surface area contributed by atoms with E-state index in [1.165, 1.54) is 0 Å². The number of benzene rings is 1. The number of rotatable bonds is 5. The number of nitrogens with zero attached hydrogens (tertiary/aromatic N) is 5. The van der Waals surface area contributed by atoms with Gasteiger partial charge in [-0.25, -0.2) is 15.0 Å². The number of ether oxygens (including phenoxy) is 1. The fourth-order valence-electron chi connectivity index (χ4n) is 3.19. The Balaban J connectivity index is 1.34. The van der Waals surface area contributed by atoms with Crippen molar-refractivity contribution < 1.29 is 9.53 Å². The van der Waals surface area contributed by atoms with Gasteiger partial charge in [0.25, 0.3) is 5.91 Å². The normalized spacial score (nSPS) is 13.8. The third kappa shape index (κ3) is 4.43. The van der Waals surface area contributed by atoms with Crippen molar-refractivity contribution in [2.24, 2.45) is 0 Å². The van der Waals surface area contributed by atoms with Gasteiger partial charge in [-0.15, -0.1) is 0 Å². The largest absolute Gasteiger partial charge is 0.497 e. The van der Waals surface area contributed by atoms with E-state index in [2.05, 4.69) is 30.1 Å². The first kappa shape index (κ1) is 18.7. The van der Waals surface area contributed by atoms with Gasteiger partial charge in [0.2, 0.25) is 0 Å². The molecule has 0 bridgehead atoms. The summed E-state index contributed by atoms with van der Waals surface area (Å²) in [6, 6.07) is 12.8. The molecule has 1 aromatic carbocycles. The molecule has 148 valence electrons. The van der Waals surface area contributed by atoms with Crippen LogP contribution in [-0.4, -0.2) is 54.1 Å². The molecule has 1 fully saturated rings. The molecule has 1 saturated heterocycles. The van der Waals surface area contributed by atoms with Crippen molar-refractivity contribution in [1.29, 1.82) is 0 Å². The maximum Gasteiger partial charge on any atom is 0.256 e. The molecule has 0 spiro atoms. The number of methoxy groups -OCH3 is 1. The van der Waals surface area contributed by atoms with E-state index in [1.807, 2.05) is 24.4 Å². The third-order valence-electron chi connectivity index (χ3n) is 4.81. The van der Waals surface area contributed by atoms with Gasteiger partial charge < -0.3 is 19.9 Å². The molecule has 3 aromatic rings. The van der Waals surface area contributed by atoms with Gasteiger partial charge in [0.05, 0.1) is 19.5 Å². The summed E-state index contributed by atoms with van der Waals surface area (Å²) in [5.41, 5.74) is 0.530. The lowest BCUT2D eigenvalue weighted by molar-refractivity contribution is 0.102. The zero-order chi connectivity index (χ0) is 20.1. The molecule has 4 rings (SSSR count). The van der Waals surface area contributed by atoms with Crippen molar-refractivity contribution >= 4 is 23.4 Å². The van der Waals surface area contributed by atoms with E-state index in [4.69, 9.17) is 4.74 Å². The smallest absolute Gasteiger partial charge is 0.256 e. The number of amides is 1. The highest BCUT2D eigenvalue weighted by atomic mass is 16.5. The van der Waals surface area contributed by atoms with Crippen LogP contribution in [0.5, 0.6) is 5.75 Å². The number of hydrogen-bond donors (Lipinski definition) is 1. The fraction of sp³-hybridized carbons (Fsp3) is 0.238. The number of nitrogens with one attached hydrogen (secondary N) is 1. The van der Waals surface area contributed by atoms with Crippen molar-refractivity contribution in [3.05, 3.63) is 66.6 Å². The first-order valence-corrected chi connectivity index (χ1v) is 9.41. The van der Waals surface area contributed by atoms with Gasteiger partial charge in [-0.3, -0.25) is 4.79 Å². The van der Waals surface area contributed by atoms with Gasteiger partial charge in [-0.05, 0) is 36.4 Å². The quantitative estimate of drug-likeness (QED) is 0.716. The third-order valence-corrected chi connectivity index (χ3v) is 4.81. The summed E-state index contributed by atoms with van der Waals surface area (Å²) >= 11 is 0. The Hall–Kier alpha value is -3.68. The molecule has 3 heterocycles. The zero-order valence-electron chi connectivity index (χ0n) is 16.2. The second-order valence-corrected chi connectivity index (χ2v) is 6.60. The Kier molecular flexibility index (Phi) is 5.51. The van der Waals surface area contributed by atoms with Crippen LogP contribution in [-0.2, 0) is 0 Å². The highest BCUT2D eigenvalue weighted by Gasteiger charge is 2.19. The van der Waals surface area contributed by atoms with E-state index in [9.17, 15) is 4.79 Å². The summed E-state index contributed by atoms with van der Waals surface area (Å²) in [5, 5.41) is 2.77. The summed E-state index contributed by atoms with van der Waals surface area (Å²) in [4.78, 5) is 30.0. The lowest BCUT2D eigenvalue weighted by atomic mass is 10.2. The minimum Gasteiger partial charge on any atom is -0.497 e. The van der Waals surface area contributed by atoms with Crippen LogP contribution in [0.2, 0.25) is 0 Å². The first-order chi connectivity index (χ1) is 14.2. The lowest BCUT2D eigenvalue weighted by Gasteiger charge is -2.35. The first-order valence-electron chi connectivity index (χ1n) is 9.41. The number of pyridine rings is 1. The minimum atomic E-state index is -0.237. The van der Waals surface area contributed by atoms with Crippen molar-refractivity contribution in [2.75, 3.05) is 48.4 Å². The van der Waals surface area contributed by atoms with E-state index in [1.54, 1.807) is 43.8 Å². The molecule has 0 atom stereocenters. The average molecular weight is 390 g/mol. The van der Waals surface area contributed by atoms with E-state index in [0.29, 0.717) is 17.1 Å². The summed E-state index contributed by atoms with van der Waals surface area (Å²) in [6.07, 6.45) is 5.09. The molecule has 0 radical (unpaired) electrons. The number of anilines is 3. The Morgan fingerprint density at radius 3 is 2.21 bits per heavy atom. The van der Waals surface area contributed by atoms with Gasteiger partial charge in [-0.1, -0.05) is 6.07 Å². The Bertz CT molecular complexity index is 939. The molecule has 0 unspecified atom stereocenters. The van der Waals surface area contributed by atoms with Gasteiger partial charge in [-0.2, -0.15) is 0 Å². The molecule has 2 aromatic heterocycles. The van der Waals surface area contributed by atoms with Crippen molar-refractivity contribution in [3.63, 3.8) is 0 Å². The van der Waals surface area contributed by atoms with Crippen LogP contribution in [0.4, 0.5) is 17.5 Å². The van der Waals surface area contributed by atoms with Crippen LogP contribution < -0.4 is 19.9 Å². The number of carbonyl (C=O) groups excluding carboxylic acids is 1. The summed E-state index contributed by atoms with van der Waals surface area (Å²) in [6.45, 7) is 3.41. The fourth-order valence-corrected chi connectivity index (χ4v) is 3.19. The molecular weight excluding hydrogens is 368 g/mol. The number of carbonyl (C=O) groups is 1. The van der Waals surface area contributed by atoms with E-state index < -0.39 is 0 Å². The number of aromatic nitrogens is 3. The van der Waals surface area contributed by atoms with E-state index in [-0.39, 0.29) is 5.91 Å². The Labute approximate surface area is 169 Å². The number of piperazine rings is 1. The van der Waals surface area contributed by atoms with Crippen molar-refractivity contribution in [1.82, 2.24) is 15.0 Å². The maximum absolute atomic E-state index is 12.3. The zero-order valence-corrected chi connectivity index (χ0v) is 16.2. The monoisotopic (exact) mass is 390 g/mol. The molecule has 1 amide bonds. The second-order valence-electron chi connectivity index (χ2n) is 6.60. The molecule has 0 aliphatic carbocycles. The summed E-state index contributed by atoms with van der Waals surface area (Å²) in [7, 11) is 1.59. The van der Waals surface area contributed by atoms with Crippen LogP contribution in [0, 0.1) is 0 Å². The van der Waals surface area contributed by atoms with E-state index >= 15 is 0 Å². The van der Waals surface area contributed by atoms with Crippen LogP contribution in [0.1, 0.15) is 10.4 Å². The van der Waals surface area contributed by atoms with Crippen LogP contribution in [0.25, 0.3) is 0 Å². The van der Waals surface area contributed by atoms with Crippen LogP contribution in [0.15, 0.2) is 61.1 Å². The Morgan fingerprint density at radius 2 is 1.62 bits per heavy atom. The molecule has 1 N–H and O–H groups in total. The van der Waals surface area contributed by atoms with E-state index in [0.717, 1.165) is 37.8 Å². The Morgan fingerprint density at radius 1 is 0.897 bits per heavy atom. The highest BCUT2D eigenvalue weighted by molar-refractivity contribution is 6.03. The molecular formula is C21H22N6O2. The van der Waals surface area contributed by atoms with Gasteiger partial charge in [0.1, 0.15) is 17.4 Å². The summed E-state index contributed by atoms with van der Waals surface area (Å²) in [5.74, 6) is 2.68. The minimum absolute atomic E-state index is 0.237. The molecule has 1 aliphatic heterocycles. The highest BCUT2D eigenvalue weighted by Crippen LogP contribution is 2.18. The SMILES string of the molecule is COc1ccc(C(=O)Nc2cnc(N3CCN(c4ccccn4)CC3)cn2)cc1. The molecule has 1 aliphatic rings. The van der Waals surface area contributed by atoms with Crippen molar-refractivity contribution in [3.8, 4) is 5.75 Å². The molecule has 0 saturated carbocycles. The van der Waals surface area contributed by atoms with Crippen molar-refractivity contribution in [2.45, 2.75) is 0 Å². The predicted molar refractivity (Wildman–Crippen MR) is 112 cm³/mol. The van der Waals surface area contributed by atoms with Gasteiger partial charge in [0, 0.05) is 37.9 Å². The predicted octanol–water partition coefficient (Wildman–Crippen LogP) is 2.46. The van der Waals surface area contributed by atoms with Crippen LogP contribution >= 0.6 is 0 Å². The maximum atomic E-state index is 12.3. The standard InChI is InChI=1S/C21H22N6O2/c1-29-17-7-5-16(6-8-17)21(28)25-18-14-24-20(15-23-18)27-12-10-26(11-13-27)19-4-2-3-9-22-19/h2-9,14-15H,10-13H2,1H3,(H,23,25,28). The molecule has 8 nitrogen and oxygen atoms in total. The molecule has 29 heavy (non-hydrogen) atoms. The molecule has 8 heteroatoms. The summed E-state index contributed by atoms with van der Waals surface area (Å²) < 4.78 is 5.10. The topological polar surface area (TPSA) is 83.5 Å². The average Bonchev–Trinajstić information content (AvgIpc) is 2.80. The second kappa shape index (κ2) is 8.55. The van der Waals surface area contributed by atoms with Gasteiger partial charge >= 0.3 is 0 Å².